The van der Waals surface area contributed by atoms with Crippen molar-refractivity contribution in [2.75, 3.05) is 19.8 Å². The number of aliphatic hydroxyl groups is 5. The van der Waals surface area contributed by atoms with Crippen LogP contribution in [0, 0.1) is 0 Å². The number of unbranched alkanes of at least 4 members (excludes halogenated alkanes) is 13. The first-order valence-electron chi connectivity index (χ1n) is 13.8. The molecule has 7 atom stereocenters. The van der Waals surface area contributed by atoms with Crippen LogP contribution in [0.2, 0.25) is 0 Å². The van der Waals surface area contributed by atoms with E-state index in [1.54, 1.807) is 0 Å². The summed E-state index contributed by atoms with van der Waals surface area (Å²) in [5.41, 5.74) is 0. The Morgan fingerprint density at radius 1 is 0.750 bits per heavy atom. The molecule has 0 heterocycles. The van der Waals surface area contributed by atoms with Gasteiger partial charge >= 0.3 is 7.82 Å². The second kappa shape index (κ2) is 19.9. The van der Waals surface area contributed by atoms with Gasteiger partial charge in [-0.2, -0.15) is 0 Å². The molecule has 11 heteroatoms. The largest absolute Gasteiger partial charge is 0.472 e. The predicted octanol–water partition coefficient (Wildman–Crippen LogP) is 3.19. The molecule has 0 spiro atoms. The van der Waals surface area contributed by atoms with Crippen LogP contribution in [0.5, 0.6) is 0 Å². The van der Waals surface area contributed by atoms with Crippen LogP contribution in [0.1, 0.15) is 103 Å². The highest BCUT2D eigenvalue weighted by atomic mass is 31.2. The van der Waals surface area contributed by atoms with Gasteiger partial charge in [-0.25, -0.2) is 4.57 Å². The average Bonchev–Trinajstić information content (AvgIpc) is 2.84. The molecule has 0 aromatic carbocycles. The minimum absolute atomic E-state index is 0.0714. The zero-order valence-corrected chi connectivity index (χ0v) is 22.8. The van der Waals surface area contributed by atoms with E-state index in [0.717, 1.165) is 19.3 Å². The Hall–Kier alpha value is -0.130. The fourth-order valence-corrected chi connectivity index (χ4v) is 5.33. The van der Waals surface area contributed by atoms with Crippen LogP contribution < -0.4 is 0 Å². The first-order chi connectivity index (χ1) is 17.2. The third-order valence-corrected chi connectivity index (χ3v) is 7.57. The van der Waals surface area contributed by atoms with Crippen LogP contribution in [-0.4, -0.2) is 86.9 Å². The summed E-state index contributed by atoms with van der Waals surface area (Å²) in [4.78, 5) is 9.81. The Morgan fingerprint density at radius 3 is 1.78 bits per heavy atom. The molecular weight excluding hydrogens is 491 g/mol. The maximum atomic E-state index is 12.1. The molecule has 1 fully saturated rings. The van der Waals surface area contributed by atoms with Crippen molar-refractivity contribution in [1.29, 1.82) is 0 Å². The fraction of sp³-hybridized carbons (Fsp3) is 1.00. The Labute approximate surface area is 216 Å². The molecule has 0 radical (unpaired) electrons. The molecule has 0 aromatic heterocycles. The van der Waals surface area contributed by atoms with Crippen LogP contribution >= 0.6 is 7.82 Å². The Balaban J connectivity index is 1.98. The summed E-state index contributed by atoms with van der Waals surface area (Å²) in [6, 6.07) is 0. The van der Waals surface area contributed by atoms with Crippen LogP contribution in [0.25, 0.3) is 0 Å². The topological polar surface area (TPSA) is 166 Å². The lowest BCUT2D eigenvalue weighted by atomic mass is 9.87. The molecular formula is C25H51O10P. The summed E-state index contributed by atoms with van der Waals surface area (Å²) in [6.45, 7) is 2.10. The summed E-state index contributed by atoms with van der Waals surface area (Å²) in [5.74, 6) is 0. The molecule has 10 nitrogen and oxygen atoms in total. The van der Waals surface area contributed by atoms with Gasteiger partial charge in [-0.3, -0.25) is 9.05 Å². The summed E-state index contributed by atoms with van der Waals surface area (Å²) >= 11 is 0. The highest BCUT2D eigenvalue weighted by molar-refractivity contribution is 7.47. The predicted molar refractivity (Wildman–Crippen MR) is 136 cm³/mol. The van der Waals surface area contributed by atoms with E-state index in [2.05, 4.69) is 6.92 Å². The van der Waals surface area contributed by atoms with Crippen LogP contribution in [0.15, 0.2) is 0 Å². The maximum absolute atomic E-state index is 12.1. The van der Waals surface area contributed by atoms with E-state index in [4.69, 9.17) is 13.8 Å². The van der Waals surface area contributed by atoms with Gasteiger partial charge in [-0.15, -0.1) is 0 Å². The minimum atomic E-state index is -4.74. The molecule has 0 bridgehead atoms. The van der Waals surface area contributed by atoms with Crippen molar-refractivity contribution in [3.63, 3.8) is 0 Å². The number of hydrogen-bond donors (Lipinski definition) is 6. The normalized spacial score (nSPS) is 27.1. The minimum Gasteiger partial charge on any atom is -0.390 e. The summed E-state index contributed by atoms with van der Waals surface area (Å²) in [6.07, 6.45) is 8.34. The molecule has 1 aliphatic rings. The van der Waals surface area contributed by atoms with E-state index >= 15 is 0 Å². The monoisotopic (exact) mass is 542 g/mol. The molecule has 6 N–H and O–H groups in total. The SMILES string of the molecule is CCCCCCCCCCCCCCCCOC[C@@H](O)COP(=O)(O)O[C@H]1[C@H](O)[C@@H](O)[C@H](O)C[C@H]1O. The summed E-state index contributed by atoms with van der Waals surface area (Å²) in [7, 11) is -4.74. The summed E-state index contributed by atoms with van der Waals surface area (Å²) < 4.78 is 27.0. The lowest BCUT2D eigenvalue weighted by molar-refractivity contribution is -0.173. The quantitative estimate of drug-likeness (QED) is 0.0883. The molecule has 1 rings (SSSR count). The zero-order valence-electron chi connectivity index (χ0n) is 22.0. The summed E-state index contributed by atoms with van der Waals surface area (Å²) in [5, 5.41) is 48.8. The average molecular weight is 543 g/mol. The number of rotatable bonds is 22. The Morgan fingerprint density at radius 2 is 1.25 bits per heavy atom. The van der Waals surface area contributed by atoms with E-state index in [1.165, 1.54) is 70.6 Å². The van der Waals surface area contributed by atoms with Gasteiger partial charge in [0.15, 0.2) is 0 Å². The second-order valence-electron chi connectivity index (χ2n) is 10.0. The van der Waals surface area contributed by atoms with Gasteiger partial charge in [0.1, 0.15) is 24.4 Å². The van der Waals surface area contributed by atoms with E-state index in [-0.39, 0.29) is 13.0 Å². The molecule has 0 amide bonds. The lowest BCUT2D eigenvalue weighted by Gasteiger charge is -2.38. The third-order valence-electron chi connectivity index (χ3n) is 6.58. The van der Waals surface area contributed by atoms with Crippen molar-refractivity contribution in [3.05, 3.63) is 0 Å². The molecule has 1 saturated carbocycles. The van der Waals surface area contributed by atoms with Crippen LogP contribution in [0.3, 0.4) is 0 Å². The van der Waals surface area contributed by atoms with Gasteiger partial charge in [0, 0.05) is 13.0 Å². The molecule has 1 aliphatic carbocycles. The standard InChI is InChI=1S/C25H51O10P/c1-2-3-4-5-6-7-8-9-10-11-12-13-14-15-16-33-18-20(26)19-34-36(31,32)35-25-22(28)17-21(27)23(29)24(25)30/h20-30H,2-19H2,1H3,(H,31,32)/t20-,21-,22-,23+,24-,25-/m1/s1. The molecule has 216 valence electrons. The number of phosphoric ester groups is 1. The van der Waals surface area contributed by atoms with Crippen molar-refractivity contribution in [1.82, 2.24) is 0 Å². The van der Waals surface area contributed by atoms with Gasteiger partial charge in [0.25, 0.3) is 0 Å². The van der Waals surface area contributed by atoms with Gasteiger partial charge < -0.3 is 35.2 Å². The van der Waals surface area contributed by atoms with E-state index in [1.807, 2.05) is 0 Å². The van der Waals surface area contributed by atoms with E-state index in [9.17, 15) is 35.0 Å². The molecule has 36 heavy (non-hydrogen) atoms. The third kappa shape index (κ3) is 15.3. The smallest absolute Gasteiger partial charge is 0.390 e. The van der Waals surface area contributed by atoms with Crippen molar-refractivity contribution < 1.29 is 48.8 Å². The highest BCUT2D eigenvalue weighted by Gasteiger charge is 2.46. The van der Waals surface area contributed by atoms with Crippen LogP contribution in [0.4, 0.5) is 0 Å². The van der Waals surface area contributed by atoms with Crippen molar-refractivity contribution >= 4 is 7.82 Å². The number of aliphatic hydroxyl groups excluding tert-OH is 5. The first kappa shape index (κ1) is 33.9. The molecule has 0 aromatic rings. The van der Waals surface area contributed by atoms with Crippen molar-refractivity contribution in [3.8, 4) is 0 Å². The van der Waals surface area contributed by atoms with Gasteiger partial charge in [0.2, 0.25) is 0 Å². The zero-order chi connectivity index (χ0) is 26.8. The molecule has 0 saturated heterocycles. The lowest BCUT2D eigenvalue weighted by Crippen LogP contribution is -2.56. The fourth-order valence-electron chi connectivity index (χ4n) is 4.33. The van der Waals surface area contributed by atoms with Gasteiger partial charge in [0.05, 0.1) is 25.4 Å². The van der Waals surface area contributed by atoms with Gasteiger partial charge in [-0.05, 0) is 6.42 Å². The van der Waals surface area contributed by atoms with Crippen molar-refractivity contribution in [2.24, 2.45) is 0 Å². The first-order valence-corrected chi connectivity index (χ1v) is 15.3. The molecule has 1 unspecified atom stereocenters. The highest BCUT2D eigenvalue weighted by Crippen LogP contribution is 2.47. The van der Waals surface area contributed by atoms with E-state index in [0.29, 0.717) is 6.61 Å². The Bertz CT molecular complexity index is 581. The number of phosphoric acid groups is 1. The second-order valence-corrected chi connectivity index (χ2v) is 11.4. The Kier molecular flexibility index (Phi) is 18.7. The molecule has 0 aliphatic heterocycles. The maximum Gasteiger partial charge on any atom is 0.472 e. The van der Waals surface area contributed by atoms with Crippen LogP contribution in [-0.2, 0) is 18.3 Å². The van der Waals surface area contributed by atoms with Crippen molar-refractivity contribution in [2.45, 2.75) is 140 Å². The number of ether oxygens (including phenoxy) is 1. The number of hydrogen-bond acceptors (Lipinski definition) is 9. The van der Waals surface area contributed by atoms with E-state index < -0.39 is 51.1 Å². The van der Waals surface area contributed by atoms with Gasteiger partial charge in [-0.1, -0.05) is 90.4 Å².